The number of carbonyl (C=O) groups is 2. The molecule has 0 bridgehead atoms. The predicted molar refractivity (Wildman–Crippen MR) is 109 cm³/mol. The Morgan fingerprint density at radius 3 is 2.62 bits per heavy atom. The number of hydrogen-bond donors (Lipinski definition) is 1. The van der Waals surface area contributed by atoms with E-state index in [-0.39, 0.29) is 11.5 Å². The van der Waals surface area contributed by atoms with Crippen molar-refractivity contribution in [1.82, 2.24) is 4.98 Å². The van der Waals surface area contributed by atoms with Gasteiger partial charge in [-0.25, -0.2) is 4.98 Å². The smallest absolute Gasteiger partial charge is 0.259 e. The van der Waals surface area contributed by atoms with Crippen molar-refractivity contribution in [2.45, 2.75) is 25.8 Å². The molecule has 0 aliphatic carbocycles. The van der Waals surface area contributed by atoms with Crippen molar-refractivity contribution in [3.8, 4) is 0 Å². The van der Waals surface area contributed by atoms with Crippen LogP contribution in [0.4, 0.5) is 15.8 Å². The third-order valence-electron chi connectivity index (χ3n) is 5.06. The lowest BCUT2D eigenvalue weighted by molar-refractivity contribution is -0.117. The van der Waals surface area contributed by atoms with Crippen LogP contribution in [0.3, 0.4) is 0 Å². The molecule has 2 aromatic carbocycles. The summed E-state index contributed by atoms with van der Waals surface area (Å²) in [5, 5.41) is 2.90. The monoisotopic (exact) mass is 389 g/mol. The number of amides is 2. The fourth-order valence-electron chi connectivity index (χ4n) is 3.58. The number of nitrogens with one attached hydrogen (secondary N) is 1. The van der Waals surface area contributed by atoms with Crippen molar-refractivity contribution in [1.29, 1.82) is 0 Å². The molecule has 146 valence electrons. The molecule has 1 unspecified atom stereocenters. The van der Waals surface area contributed by atoms with E-state index in [4.69, 9.17) is 0 Å². The number of halogens is 1. The van der Waals surface area contributed by atoms with E-state index in [9.17, 15) is 14.0 Å². The van der Waals surface area contributed by atoms with Crippen molar-refractivity contribution >= 4 is 23.2 Å². The molecule has 0 radical (unpaired) electrons. The molecule has 2 amide bonds. The average molecular weight is 389 g/mol. The van der Waals surface area contributed by atoms with Crippen molar-refractivity contribution in [2.75, 3.05) is 10.2 Å². The van der Waals surface area contributed by atoms with Crippen LogP contribution in [0.5, 0.6) is 0 Å². The van der Waals surface area contributed by atoms with E-state index < -0.39 is 17.9 Å². The standard InChI is InChI=1S/C23H20FN3O2/c1-15-6-9-18(10-7-15)26-22(28)20-11-8-16-4-2-3-5-19(16)27(20)23(29)17-12-13-25-21(24)14-17/h2-7,9-10,12-14,20H,8,11H2,1H3,(H,26,28). The Morgan fingerprint density at radius 1 is 1.10 bits per heavy atom. The molecule has 0 spiro atoms. The van der Waals surface area contributed by atoms with Gasteiger partial charge < -0.3 is 5.32 Å². The molecule has 1 aromatic heterocycles. The number of aromatic nitrogens is 1. The zero-order valence-electron chi connectivity index (χ0n) is 15.9. The van der Waals surface area contributed by atoms with Crippen LogP contribution in [-0.4, -0.2) is 22.8 Å². The van der Waals surface area contributed by atoms with Gasteiger partial charge in [0.2, 0.25) is 11.9 Å². The molecule has 3 aromatic rings. The van der Waals surface area contributed by atoms with Gasteiger partial charge in [0.05, 0.1) is 0 Å². The van der Waals surface area contributed by atoms with Crippen LogP contribution in [0.1, 0.15) is 27.9 Å². The normalized spacial score (nSPS) is 15.5. The Hall–Kier alpha value is -3.54. The SMILES string of the molecule is Cc1ccc(NC(=O)C2CCc3ccccc3N2C(=O)c2ccnc(F)c2)cc1. The van der Waals surface area contributed by atoms with Crippen molar-refractivity contribution in [3.63, 3.8) is 0 Å². The van der Waals surface area contributed by atoms with Gasteiger partial charge in [0, 0.05) is 29.2 Å². The molecule has 1 aliphatic rings. The summed E-state index contributed by atoms with van der Waals surface area (Å²) in [5.74, 6) is -1.43. The Morgan fingerprint density at radius 2 is 1.86 bits per heavy atom. The highest BCUT2D eigenvalue weighted by molar-refractivity contribution is 6.12. The van der Waals surface area contributed by atoms with Gasteiger partial charge in [-0.15, -0.1) is 0 Å². The summed E-state index contributed by atoms with van der Waals surface area (Å²) in [7, 11) is 0. The molecular formula is C23H20FN3O2. The van der Waals surface area contributed by atoms with Crippen molar-refractivity contribution in [3.05, 3.63) is 89.5 Å². The molecule has 2 heterocycles. The third kappa shape index (κ3) is 3.87. The van der Waals surface area contributed by atoms with E-state index in [0.29, 0.717) is 24.2 Å². The maximum absolute atomic E-state index is 13.6. The first-order valence-electron chi connectivity index (χ1n) is 9.43. The molecule has 1 aliphatic heterocycles. The summed E-state index contributed by atoms with van der Waals surface area (Å²) in [6, 6.07) is 16.8. The molecule has 29 heavy (non-hydrogen) atoms. The number of anilines is 2. The maximum atomic E-state index is 13.6. The topological polar surface area (TPSA) is 62.3 Å². The minimum atomic E-state index is -0.734. The van der Waals surface area contributed by atoms with Gasteiger partial charge >= 0.3 is 0 Å². The number of benzene rings is 2. The van der Waals surface area contributed by atoms with Gasteiger partial charge in [0.1, 0.15) is 6.04 Å². The first kappa shape index (κ1) is 18.8. The van der Waals surface area contributed by atoms with Crippen molar-refractivity contribution < 1.29 is 14.0 Å². The van der Waals surface area contributed by atoms with E-state index in [1.807, 2.05) is 55.5 Å². The summed E-state index contributed by atoms with van der Waals surface area (Å²) in [6.07, 6.45) is 2.41. The molecular weight excluding hydrogens is 369 g/mol. The van der Waals surface area contributed by atoms with Crippen LogP contribution in [0.25, 0.3) is 0 Å². The zero-order chi connectivity index (χ0) is 20.4. The summed E-state index contributed by atoms with van der Waals surface area (Å²) >= 11 is 0. The second kappa shape index (κ2) is 7.83. The molecule has 1 atom stereocenters. The van der Waals surface area contributed by atoms with E-state index in [0.717, 1.165) is 17.2 Å². The van der Waals surface area contributed by atoms with Gasteiger partial charge in [0.25, 0.3) is 5.91 Å². The Bertz CT molecular complexity index is 1070. The number of hydrogen-bond acceptors (Lipinski definition) is 3. The maximum Gasteiger partial charge on any atom is 0.259 e. The van der Waals surface area contributed by atoms with Gasteiger partial charge in [-0.3, -0.25) is 14.5 Å². The summed E-state index contributed by atoms with van der Waals surface area (Å²) < 4.78 is 13.6. The van der Waals surface area contributed by atoms with Crippen LogP contribution in [0.15, 0.2) is 66.9 Å². The largest absolute Gasteiger partial charge is 0.324 e. The second-order valence-corrected chi connectivity index (χ2v) is 7.08. The molecule has 0 fully saturated rings. The predicted octanol–water partition coefficient (Wildman–Crippen LogP) is 4.13. The van der Waals surface area contributed by atoms with Crippen LogP contribution < -0.4 is 10.2 Å². The summed E-state index contributed by atoms with van der Waals surface area (Å²) in [5.41, 5.74) is 3.56. The highest BCUT2D eigenvalue weighted by Crippen LogP contribution is 2.32. The lowest BCUT2D eigenvalue weighted by atomic mass is 9.94. The fraction of sp³-hybridized carbons (Fsp3) is 0.174. The van der Waals surface area contributed by atoms with E-state index in [2.05, 4.69) is 10.3 Å². The van der Waals surface area contributed by atoms with Gasteiger partial charge in [0.15, 0.2) is 0 Å². The molecule has 0 saturated heterocycles. The number of para-hydroxylation sites is 1. The van der Waals surface area contributed by atoms with E-state index >= 15 is 0 Å². The number of nitrogens with zero attached hydrogens (tertiary/aromatic N) is 2. The van der Waals surface area contributed by atoms with E-state index in [1.165, 1.54) is 17.2 Å². The number of fused-ring (bicyclic) bond motifs is 1. The number of rotatable bonds is 3. The molecule has 0 saturated carbocycles. The Kier molecular flexibility index (Phi) is 5.08. The number of pyridine rings is 1. The zero-order valence-corrected chi connectivity index (χ0v) is 15.9. The minimum absolute atomic E-state index is 0.155. The van der Waals surface area contributed by atoms with Crippen LogP contribution >= 0.6 is 0 Å². The quantitative estimate of drug-likeness (QED) is 0.685. The lowest BCUT2D eigenvalue weighted by Gasteiger charge is -2.36. The molecule has 6 heteroatoms. The molecule has 4 rings (SSSR count). The highest BCUT2D eigenvalue weighted by Gasteiger charge is 2.36. The number of carbonyl (C=O) groups excluding carboxylic acids is 2. The Balaban J connectivity index is 1.69. The van der Waals surface area contributed by atoms with Gasteiger partial charge in [-0.2, -0.15) is 4.39 Å². The Labute approximate surface area is 168 Å². The number of aryl methyl sites for hydroxylation is 2. The van der Waals surface area contributed by atoms with Crippen LogP contribution in [0, 0.1) is 12.9 Å². The minimum Gasteiger partial charge on any atom is -0.324 e. The average Bonchev–Trinajstić information content (AvgIpc) is 2.74. The molecule has 1 N–H and O–H groups in total. The summed E-state index contributed by atoms with van der Waals surface area (Å²) in [6.45, 7) is 1.97. The summed E-state index contributed by atoms with van der Waals surface area (Å²) in [4.78, 5) is 31.3. The first-order chi connectivity index (χ1) is 14.0. The third-order valence-corrected chi connectivity index (χ3v) is 5.06. The van der Waals surface area contributed by atoms with Gasteiger partial charge in [-0.1, -0.05) is 35.9 Å². The second-order valence-electron chi connectivity index (χ2n) is 7.08. The lowest BCUT2D eigenvalue weighted by Crippen LogP contribution is -2.50. The highest BCUT2D eigenvalue weighted by atomic mass is 19.1. The molecule has 5 nitrogen and oxygen atoms in total. The van der Waals surface area contributed by atoms with Crippen LogP contribution in [0.2, 0.25) is 0 Å². The van der Waals surface area contributed by atoms with Gasteiger partial charge in [-0.05, 0) is 49.6 Å². The van der Waals surface area contributed by atoms with Crippen LogP contribution in [-0.2, 0) is 11.2 Å². The fourth-order valence-corrected chi connectivity index (χ4v) is 3.58. The van der Waals surface area contributed by atoms with E-state index in [1.54, 1.807) is 0 Å². The van der Waals surface area contributed by atoms with Crippen molar-refractivity contribution in [2.24, 2.45) is 0 Å². The first-order valence-corrected chi connectivity index (χ1v) is 9.43.